The Morgan fingerprint density at radius 3 is 2.89 bits per heavy atom. The summed E-state index contributed by atoms with van der Waals surface area (Å²) in [6, 6.07) is 7.80. The molecule has 1 aromatic heterocycles. The molecule has 2 aliphatic rings. The van der Waals surface area contributed by atoms with Crippen molar-refractivity contribution in [1.82, 2.24) is 14.2 Å². The first kappa shape index (κ1) is 19.5. The Hall–Kier alpha value is -1.83. The molecule has 3 atom stereocenters. The van der Waals surface area contributed by atoms with Gasteiger partial charge in [0.25, 0.3) is 0 Å². The number of carbonyl (C=O) groups excluding carboxylic acids is 1. The summed E-state index contributed by atoms with van der Waals surface area (Å²) in [6.45, 7) is 7.71. The number of rotatable bonds is 2. The quantitative estimate of drug-likeness (QED) is 0.720. The maximum Gasteiger partial charge on any atom is 0.410 e. The molecule has 4 rings (SSSR count). The topological polar surface area (TPSA) is 68.7 Å². The highest BCUT2D eigenvalue weighted by Crippen LogP contribution is 2.35. The van der Waals surface area contributed by atoms with Crippen molar-refractivity contribution in [3.05, 3.63) is 36.7 Å². The SMILES string of the molecule is CC(C)(C)OC(=O)N1CCCC2CN([S+]([O-])c3cccc4cnccc34)CC21. The summed E-state index contributed by atoms with van der Waals surface area (Å²) >= 11 is -1.27. The molecule has 0 saturated carbocycles. The number of amides is 1. The zero-order valence-electron chi connectivity index (χ0n) is 16.6. The molecular formula is C21H27N3O3S. The van der Waals surface area contributed by atoms with Crippen LogP contribution in [-0.2, 0) is 16.1 Å². The molecule has 0 aliphatic carbocycles. The van der Waals surface area contributed by atoms with Gasteiger partial charge in [0.05, 0.1) is 23.9 Å². The predicted molar refractivity (Wildman–Crippen MR) is 109 cm³/mol. The molecule has 1 aromatic carbocycles. The van der Waals surface area contributed by atoms with Crippen LogP contribution in [0.5, 0.6) is 0 Å². The lowest BCUT2D eigenvalue weighted by atomic mass is 9.92. The number of piperidine rings is 1. The van der Waals surface area contributed by atoms with Crippen LogP contribution in [0.4, 0.5) is 4.79 Å². The van der Waals surface area contributed by atoms with Crippen molar-refractivity contribution in [2.75, 3.05) is 19.6 Å². The third-order valence-corrected chi connectivity index (χ3v) is 6.94. The van der Waals surface area contributed by atoms with Crippen LogP contribution in [0.1, 0.15) is 33.6 Å². The summed E-state index contributed by atoms with van der Waals surface area (Å²) in [5.41, 5.74) is -0.512. The normalized spacial score (nSPS) is 24.2. The first-order valence-electron chi connectivity index (χ1n) is 9.83. The number of fused-ring (bicyclic) bond motifs is 2. The molecular weight excluding hydrogens is 374 g/mol. The Labute approximate surface area is 169 Å². The molecule has 3 heterocycles. The maximum absolute atomic E-state index is 13.4. The van der Waals surface area contributed by atoms with Crippen molar-refractivity contribution in [3.8, 4) is 0 Å². The summed E-state index contributed by atoms with van der Waals surface area (Å²) < 4.78 is 21.0. The largest absolute Gasteiger partial charge is 0.593 e. The van der Waals surface area contributed by atoms with Gasteiger partial charge >= 0.3 is 6.09 Å². The number of hydrogen-bond donors (Lipinski definition) is 0. The molecule has 0 N–H and O–H groups in total. The molecule has 2 aromatic rings. The highest BCUT2D eigenvalue weighted by atomic mass is 32.2. The first-order chi connectivity index (χ1) is 13.3. The van der Waals surface area contributed by atoms with Gasteiger partial charge in [-0.2, -0.15) is 0 Å². The minimum atomic E-state index is -1.27. The summed E-state index contributed by atoms with van der Waals surface area (Å²) in [4.78, 5) is 19.5. The van der Waals surface area contributed by atoms with Crippen molar-refractivity contribution < 1.29 is 14.1 Å². The average Bonchev–Trinajstić information content (AvgIpc) is 3.10. The third kappa shape index (κ3) is 3.83. The van der Waals surface area contributed by atoms with Crippen molar-refractivity contribution in [2.45, 2.75) is 50.2 Å². The average molecular weight is 402 g/mol. The van der Waals surface area contributed by atoms with Gasteiger partial charge in [-0.3, -0.25) is 4.98 Å². The van der Waals surface area contributed by atoms with Crippen molar-refractivity contribution >= 4 is 28.2 Å². The molecule has 28 heavy (non-hydrogen) atoms. The Morgan fingerprint density at radius 1 is 1.29 bits per heavy atom. The van der Waals surface area contributed by atoms with Gasteiger partial charge in [-0.25, -0.2) is 4.79 Å². The molecule has 6 nitrogen and oxygen atoms in total. The van der Waals surface area contributed by atoms with E-state index in [1.807, 2.05) is 54.2 Å². The molecule has 2 saturated heterocycles. The van der Waals surface area contributed by atoms with Gasteiger partial charge < -0.3 is 14.2 Å². The van der Waals surface area contributed by atoms with Gasteiger partial charge in [-0.1, -0.05) is 12.1 Å². The fraction of sp³-hybridized carbons (Fsp3) is 0.524. The van der Waals surface area contributed by atoms with E-state index in [9.17, 15) is 9.35 Å². The molecule has 0 spiro atoms. The highest BCUT2D eigenvalue weighted by molar-refractivity contribution is 7.89. The van der Waals surface area contributed by atoms with Crippen LogP contribution in [-0.4, -0.2) is 56.1 Å². The summed E-state index contributed by atoms with van der Waals surface area (Å²) in [5, 5.41) is 1.95. The Balaban J connectivity index is 1.54. The smallest absolute Gasteiger partial charge is 0.410 e. The van der Waals surface area contributed by atoms with E-state index in [0.717, 1.165) is 35.1 Å². The monoisotopic (exact) mass is 401 g/mol. The lowest BCUT2D eigenvalue weighted by Gasteiger charge is -2.37. The van der Waals surface area contributed by atoms with Crippen LogP contribution in [0.2, 0.25) is 0 Å². The highest BCUT2D eigenvalue weighted by Gasteiger charge is 2.46. The second-order valence-electron chi connectivity index (χ2n) is 8.59. The first-order valence-corrected chi connectivity index (χ1v) is 10.9. The number of hydrogen-bond acceptors (Lipinski definition) is 5. The Kier molecular flexibility index (Phi) is 5.24. The minimum absolute atomic E-state index is 0.0594. The van der Waals surface area contributed by atoms with Crippen LogP contribution in [0, 0.1) is 5.92 Å². The molecule has 0 radical (unpaired) electrons. The molecule has 2 aliphatic heterocycles. The Morgan fingerprint density at radius 2 is 2.11 bits per heavy atom. The lowest BCUT2D eigenvalue weighted by molar-refractivity contribution is 0.00643. The number of benzene rings is 1. The number of aromatic nitrogens is 1. The minimum Gasteiger partial charge on any atom is -0.593 e. The van der Waals surface area contributed by atoms with E-state index in [0.29, 0.717) is 19.0 Å². The molecule has 1 amide bonds. The summed E-state index contributed by atoms with van der Waals surface area (Å²) in [7, 11) is 0. The molecule has 7 heteroatoms. The van der Waals surface area contributed by atoms with Crippen LogP contribution < -0.4 is 0 Å². The molecule has 0 bridgehead atoms. The van der Waals surface area contributed by atoms with Gasteiger partial charge in [0.1, 0.15) is 5.60 Å². The fourth-order valence-corrected chi connectivity index (χ4v) is 5.67. The van der Waals surface area contributed by atoms with E-state index in [-0.39, 0.29) is 12.1 Å². The summed E-state index contributed by atoms with van der Waals surface area (Å²) in [6.07, 6.45) is 5.28. The second-order valence-corrected chi connectivity index (χ2v) is 10.0. The summed E-state index contributed by atoms with van der Waals surface area (Å²) in [5.74, 6) is 0.335. The maximum atomic E-state index is 13.4. The Bertz CT molecular complexity index is 864. The lowest BCUT2D eigenvalue weighted by Crippen LogP contribution is -2.50. The van der Waals surface area contributed by atoms with Gasteiger partial charge in [0.15, 0.2) is 4.90 Å². The number of likely N-dealkylation sites (tertiary alicyclic amines) is 1. The van der Waals surface area contributed by atoms with Gasteiger partial charge in [0, 0.05) is 36.3 Å². The number of ether oxygens (including phenoxy) is 1. The van der Waals surface area contributed by atoms with Crippen molar-refractivity contribution in [3.63, 3.8) is 0 Å². The van der Waals surface area contributed by atoms with E-state index < -0.39 is 17.0 Å². The van der Waals surface area contributed by atoms with E-state index >= 15 is 0 Å². The second kappa shape index (κ2) is 7.54. The van der Waals surface area contributed by atoms with E-state index in [2.05, 4.69) is 4.98 Å². The van der Waals surface area contributed by atoms with E-state index in [4.69, 9.17) is 4.74 Å². The van der Waals surface area contributed by atoms with Crippen LogP contribution in [0.3, 0.4) is 0 Å². The third-order valence-electron chi connectivity index (χ3n) is 5.44. The number of carbonyl (C=O) groups is 1. The van der Waals surface area contributed by atoms with Gasteiger partial charge in [0.2, 0.25) is 0 Å². The number of pyridine rings is 1. The van der Waals surface area contributed by atoms with Crippen LogP contribution >= 0.6 is 0 Å². The van der Waals surface area contributed by atoms with Crippen molar-refractivity contribution in [1.29, 1.82) is 0 Å². The van der Waals surface area contributed by atoms with E-state index in [1.54, 1.807) is 12.4 Å². The zero-order valence-corrected chi connectivity index (χ0v) is 17.4. The van der Waals surface area contributed by atoms with Crippen LogP contribution in [0.25, 0.3) is 10.8 Å². The van der Waals surface area contributed by atoms with Crippen molar-refractivity contribution in [2.24, 2.45) is 5.92 Å². The molecule has 2 fully saturated rings. The zero-order chi connectivity index (χ0) is 19.9. The molecule has 150 valence electrons. The van der Waals surface area contributed by atoms with Crippen LogP contribution in [0.15, 0.2) is 41.6 Å². The number of nitrogens with zero attached hydrogens (tertiary/aromatic N) is 3. The molecule has 3 unspecified atom stereocenters. The fourth-order valence-electron chi connectivity index (χ4n) is 4.21. The standard InChI is InChI=1S/C21H27N3O3S/c1-21(2,3)27-20(25)24-11-5-7-16-13-23(14-18(16)24)28(26)19-8-4-6-15-12-22-10-9-17(15)19/h4,6,8-10,12,16,18H,5,7,11,13-14H2,1-3H3. The predicted octanol–water partition coefficient (Wildman–Crippen LogP) is 3.59. The van der Waals surface area contributed by atoms with E-state index in [1.165, 1.54) is 0 Å². The van der Waals surface area contributed by atoms with Gasteiger partial charge in [-0.05, 0) is 51.7 Å². The van der Waals surface area contributed by atoms with Gasteiger partial charge in [-0.15, -0.1) is 4.31 Å².